The molecule has 15 rings (SSSR count). The van der Waals surface area contributed by atoms with E-state index in [9.17, 15) is 0 Å². The topological polar surface area (TPSA) is 31.4 Å². The summed E-state index contributed by atoms with van der Waals surface area (Å²) < 4.78 is 15.1. The highest BCUT2D eigenvalue weighted by Gasteiger charge is 2.50. The molecule has 5 aliphatic heterocycles. The molecule has 10 aromatic rings. The van der Waals surface area contributed by atoms with Gasteiger partial charge in [0.05, 0.1) is 5.69 Å². The molecule has 10 aromatic carbocycles. The maximum absolute atomic E-state index is 7.67. The molecule has 5 heterocycles. The molecule has 0 aliphatic carbocycles. The van der Waals surface area contributed by atoms with Crippen molar-refractivity contribution in [2.75, 3.05) is 19.6 Å². The molecule has 2 bridgehead atoms. The SMILES string of the molecule is CC(C)(C)c1cc2c3c(c1)N(c1ccccc1)c1cccc4c1B3c1cc3c(cc1O2)N(c1ccccc1)c1cc(N(c2ccccc2)c2ccccc2)cc2c1B3c1c(cccc1N2c1ccccc1)O4. The third-order valence-corrected chi connectivity index (χ3v) is 15.3. The third-order valence-electron chi connectivity index (χ3n) is 15.3. The van der Waals surface area contributed by atoms with Crippen LogP contribution in [0.25, 0.3) is 0 Å². The van der Waals surface area contributed by atoms with E-state index in [4.69, 9.17) is 9.47 Å². The van der Waals surface area contributed by atoms with Crippen molar-refractivity contribution < 1.29 is 9.47 Å². The summed E-state index contributed by atoms with van der Waals surface area (Å²) in [4.78, 5) is 9.76. The molecule has 0 fully saturated rings. The summed E-state index contributed by atoms with van der Waals surface area (Å²) in [5.41, 5.74) is 21.0. The van der Waals surface area contributed by atoms with Gasteiger partial charge in [-0.15, -0.1) is 0 Å². The van der Waals surface area contributed by atoms with Crippen molar-refractivity contribution in [2.45, 2.75) is 26.2 Å². The van der Waals surface area contributed by atoms with Crippen LogP contribution in [0, 0.1) is 0 Å². The summed E-state index contributed by atoms with van der Waals surface area (Å²) in [6.07, 6.45) is 0. The normalized spacial score (nSPS) is 13.8. The lowest BCUT2D eigenvalue weighted by molar-refractivity contribution is 0.482. The van der Waals surface area contributed by atoms with E-state index in [2.05, 4.69) is 265 Å². The number of anilines is 12. The Morgan fingerprint density at radius 3 is 1.26 bits per heavy atom. The Morgan fingerprint density at radius 2 is 0.764 bits per heavy atom. The Morgan fingerprint density at radius 1 is 0.333 bits per heavy atom. The molecule has 0 saturated carbocycles. The molecule has 5 aliphatic rings. The van der Waals surface area contributed by atoms with Gasteiger partial charge in [0, 0.05) is 68.6 Å². The Hall–Kier alpha value is -8.87. The molecule has 0 N–H and O–H groups in total. The largest absolute Gasteiger partial charge is 0.458 e. The van der Waals surface area contributed by atoms with E-state index >= 15 is 0 Å². The van der Waals surface area contributed by atoms with Crippen LogP contribution >= 0.6 is 0 Å². The van der Waals surface area contributed by atoms with Crippen LogP contribution in [0.15, 0.2) is 224 Å². The number of hydrogen-bond acceptors (Lipinski definition) is 6. The zero-order valence-corrected chi connectivity index (χ0v) is 40.1. The first kappa shape index (κ1) is 41.0. The number of ether oxygens (including phenoxy) is 2. The predicted molar refractivity (Wildman–Crippen MR) is 300 cm³/mol. The maximum atomic E-state index is 7.67. The standard InChI is InChI=1S/C64H46B2N4O2/c1-64(2,3)41-35-53-63-59(36-41)72-58-40-52-48-39-49(58)66(63)62-51(68(53)44-25-13-6-14-26-44)32-20-34-57(62)71-56-33-19-31-50-61(56)65(48)60-54(69(50)45-27-15-7-16-28-45)37-47(38-55(60)70(52)46-29-17-8-18-30-46)67(42-21-9-4-10-22-42)43-23-11-5-12-24-43/h4-40H,1-3H3. The molecule has 0 aromatic heterocycles. The molecule has 0 radical (unpaired) electrons. The fourth-order valence-corrected chi connectivity index (χ4v) is 12.3. The molecule has 0 atom stereocenters. The number of benzene rings is 10. The van der Waals surface area contributed by atoms with Crippen molar-refractivity contribution in [3.8, 4) is 23.0 Å². The number of rotatable bonds is 6. The van der Waals surface area contributed by atoms with Gasteiger partial charge in [-0.1, -0.05) is 130 Å². The van der Waals surface area contributed by atoms with Crippen molar-refractivity contribution in [1.29, 1.82) is 0 Å². The first-order valence-corrected chi connectivity index (χ1v) is 25.0. The monoisotopic (exact) mass is 924 g/mol. The van der Waals surface area contributed by atoms with Crippen molar-refractivity contribution in [3.63, 3.8) is 0 Å². The fraction of sp³-hybridized carbons (Fsp3) is 0.0625. The fourth-order valence-electron chi connectivity index (χ4n) is 12.3. The van der Waals surface area contributed by atoms with E-state index in [-0.39, 0.29) is 18.8 Å². The summed E-state index contributed by atoms with van der Waals surface area (Å²) in [6.45, 7) is 6.47. The summed E-state index contributed by atoms with van der Waals surface area (Å²) in [7, 11) is 0. The van der Waals surface area contributed by atoms with E-state index in [1.165, 1.54) is 16.5 Å². The van der Waals surface area contributed by atoms with Crippen LogP contribution < -0.4 is 61.9 Å². The lowest BCUT2D eigenvalue weighted by Gasteiger charge is -2.47. The Bertz CT molecular complexity index is 3790. The van der Waals surface area contributed by atoms with Crippen LogP contribution in [0.1, 0.15) is 26.3 Å². The minimum atomic E-state index is -0.212. The highest BCUT2D eigenvalue weighted by Crippen LogP contribution is 2.51. The Balaban J connectivity index is 1.08. The number of nitrogens with zero attached hydrogens (tertiary/aromatic N) is 4. The van der Waals surface area contributed by atoms with Gasteiger partial charge >= 0.3 is 0 Å². The zero-order valence-electron chi connectivity index (χ0n) is 40.1. The van der Waals surface area contributed by atoms with Crippen molar-refractivity contribution in [1.82, 2.24) is 0 Å². The van der Waals surface area contributed by atoms with Crippen molar-refractivity contribution >= 4 is 114 Å². The van der Waals surface area contributed by atoms with E-state index in [1.54, 1.807) is 0 Å². The van der Waals surface area contributed by atoms with Crippen LogP contribution in [0.5, 0.6) is 23.0 Å². The van der Waals surface area contributed by atoms with Gasteiger partial charge < -0.3 is 29.1 Å². The van der Waals surface area contributed by atoms with Gasteiger partial charge in [0.1, 0.15) is 23.0 Å². The molecule has 0 unspecified atom stereocenters. The van der Waals surface area contributed by atoms with Gasteiger partial charge in [-0.05, 0) is 153 Å². The lowest BCUT2D eigenvalue weighted by atomic mass is 9.30. The minimum absolute atomic E-state index is 0.151. The number of para-hydroxylation sites is 5. The predicted octanol–water partition coefficient (Wildman–Crippen LogP) is 13.0. The van der Waals surface area contributed by atoms with Gasteiger partial charge in [0.15, 0.2) is 0 Å². The van der Waals surface area contributed by atoms with Crippen LogP contribution in [0.2, 0.25) is 0 Å². The Kier molecular flexibility index (Phi) is 8.71. The average molecular weight is 925 g/mol. The van der Waals surface area contributed by atoms with Gasteiger partial charge in [-0.2, -0.15) is 0 Å². The molecule has 0 amide bonds. The second-order valence-corrected chi connectivity index (χ2v) is 20.5. The van der Waals surface area contributed by atoms with Crippen LogP contribution in [0.3, 0.4) is 0 Å². The second kappa shape index (κ2) is 15.3. The molecule has 6 nitrogen and oxygen atoms in total. The molecule has 340 valence electrons. The summed E-state index contributed by atoms with van der Waals surface area (Å²) in [5, 5.41) is 0. The first-order chi connectivity index (χ1) is 35.4. The highest BCUT2D eigenvalue weighted by molar-refractivity contribution is 7.03. The molecular weight excluding hydrogens is 878 g/mol. The molecule has 0 saturated heterocycles. The molecule has 8 heteroatoms. The molecular formula is C64H46B2N4O2. The maximum Gasteiger partial charge on any atom is 0.261 e. The quantitative estimate of drug-likeness (QED) is 0.155. The minimum Gasteiger partial charge on any atom is -0.458 e. The van der Waals surface area contributed by atoms with Crippen LogP contribution in [0.4, 0.5) is 68.2 Å². The highest BCUT2D eigenvalue weighted by atomic mass is 16.5. The van der Waals surface area contributed by atoms with E-state index in [0.717, 1.165) is 113 Å². The number of hydrogen-bond donors (Lipinski definition) is 0. The second-order valence-electron chi connectivity index (χ2n) is 20.5. The molecule has 0 spiro atoms. The Labute approximate surface area is 420 Å². The third kappa shape index (κ3) is 5.93. The zero-order chi connectivity index (χ0) is 47.8. The van der Waals surface area contributed by atoms with Gasteiger partial charge in [-0.25, -0.2) is 0 Å². The van der Waals surface area contributed by atoms with Gasteiger partial charge in [0.2, 0.25) is 0 Å². The lowest BCUT2D eigenvalue weighted by Crippen LogP contribution is -2.65. The van der Waals surface area contributed by atoms with Crippen LogP contribution in [-0.4, -0.2) is 13.4 Å². The van der Waals surface area contributed by atoms with Gasteiger partial charge in [-0.3, -0.25) is 0 Å². The summed E-state index contributed by atoms with van der Waals surface area (Å²) in [5.74, 6) is 3.39. The van der Waals surface area contributed by atoms with Gasteiger partial charge in [0.25, 0.3) is 13.4 Å². The van der Waals surface area contributed by atoms with E-state index < -0.39 is 0 Å². The smallest absolute Gasteiger partial charge is 0.261 e. The van der Waals surface area contributed by atoms with Crippen molar-refractivity contribution in [3.05, 3.63) is 230 Å². The van der Waals surface area contributed by atoms with Crippen molar-refractivity contribution in [2.24, 2.45) is 0 Å². The first-order valence-electron chi connectivity index (χ1n) is 25.0. The van der Waals surface area contributed by atoms with E-state index in [1.807, 2.05) is 0 Å². The molecule has 72 heavy (non-hydrogen) atoms. The van der Waals surface area contributed by atoms with Crippen LogP contribution in [-0.2, 0) is 5.41 Å². The summed E-state index contributed by atoms with van der Waals surface area (Å²) in [6, 6.07) is 81.5. The average Bonchev–Trinajstić information content (AvgIpc) is 3.42. The summed E-state index contributed by atoms with van der Waals surface area (Å²) >= 11 is 0. The van der Waals surface area contributed by atoms with E-state index in [0.29, 0.717) is 0 Å².